The van der Waals surface area contributed by atoms with Crippen molar-refractivity contribution in [1.29, 1.82) is 0 Å². The number of aromatic nitrogens is 5. The lowest BCUT2D eigenvalue weighted by atomic mass is 9.90. The van der Waals surface area contributed by atoms with Gasteiger partial charge < -0.3 is 4.57 Å². The van der Waals surface area contributed by atoms with Crippen LogP contribution in [0.1, 0.15) is 0 Å². The number of para-hydroxylation sites is 3. The zero-order valence-corrected chi connectivity index (χ0v) is 30.1. The first-order valence-electron chi connectivity index (χ1n) is 19.0. The summed E-state index contributed by atoms with van der Waals surface area (Å²) < 4.78 is 4.68. The molecule has 0 bridgehead atoms. The van der Waals surface area contributed by atoms with Crippen LogP contribution in [-0.4, -0.2) is 24.1 Å². The predicted octanol–water partition coefficient (Wildman–Crippen LogP) is 12.9. The average molecular weight is 714 g/mol. The minimum absolute atomic E-state index is 0.619. The molecule has 0 atom stereocenters. The summed E-state index contributed by atoms with van der Waals surface area (Å²) in [4.78, 5) is 15.3. The highest BCUT2D eigenvalue weighted by molar-refractivity contribution is 6.26. The maximum absolute atomic E-state index is 5.32. The van der Waals surface area contributed by atoms with Crippen LogP contribution in [0.25, 0.3) is 110 Å². The van der Waals surface area contributed by atoms with Crippen molar-refractivity contribution in [3.05, 3.63) is 188 Å². The first-order chi connectivity index (χ1) is 27.8. The minimum atomic E-state index is 0.619. The number of fused-ring (bicyclic) bond motifs is 11. The molecule has 4 heterocycles. The molecule has 0 unspecified atom stereocenters. The summed E-state index contributed by atoms with van der Waals surface area (Å²) >= 11 is 0. The summed E-state index contributed by atoms with van der Waals surface area (Å²) in [6, 6.07) is 64.9. The molecule has 8 aromatic carbocycles. The lowest BCUT2D eigenvalue weighted by molar-refractivity contribution is 1.01. The van der Waals surface area contributed by atoms with Gasteiger partial charge in [0.25, 0.3) is 0 Å². The molecule has 0 aliphatic carbocycles. The molecule has 0 saturated heterocycles. The molecule has 0 fully saturated rings. The highest BCUT2D eigenvalue weighted by Crippen LogP contribution is 2.46. The first kappa shape index (κ1) is 30.8. The van der Waals surface area contributed by atoms with E-state index in [1.165, 1.54) is 49.1 Å². The Morgan fingerprint density at radius 2 is 0.875 bits per heavy atom. The van der Waals surface area contributed by atoms with Crippen LogP contribution < -0.4 is 0 Å². The summed E-state index contributed by atoms with van der Waals surface area (Å²) in [5.41, 5.74) is 11.5. The summed E-state index contributed by atoms with van der Waals surface area (Å²) in [5.74, 6) is 0.619. The van der Waals surface area contributed by atoms with Gasteiger partial charge in [0.2, 0.25) is 5.95 Å². The average Bonchev–Trinajstić information content (AvgIpc) is 3.79. The van der Waals surface area contributed by atoms with E-state index in [4.69, 9.17) is 15.0 Å². The number of hydrogen-bond donors (Lipinski definition) is 0. The second kappa shape index (κ2) is 11.9. The Bertz CT molecular complexity index is 3530. The van der Waals surface area contributed by atoms with Crippen molar-refractivity contribution in [2.24, 2.45) is 0 Å². The summed E-state index contributed by atoms with van der Waals surface area (Å²) in [6.45, 7) is 0. The molecule has 0 aliphatic rings. The highest BCUT2D eigenvalue weighted by Gasteiger charge is 2.23. The molecule has 0 radical (unpaired) electrons. The quantitative estimate of drug-likeness (QED) is 0.182. The maximum atomic E-state index is 5.32. The Morgan fingerprint density at radius 3 is 1.50 bits per heavy atom. The molecule has 0 saturated carbocycles. The van der Waals surface area contributed by atoms with Crippen LogP contribution in [0.5, 0.6) is 0 Å². The van der Waals surface area contributed by atoms with Gasteiger partial charge in [0.05, 0.1) is 27.6 Å². The second-order valence-corrected chi connectivity index (χ2v) is 14.4. The molecule has 5 heteroatoms. The largest absolute Gasteiger partial charge is 0.309 e. The highest BCUT2D eigenvalue weighted by atomic mass is 15.2. The summed E-state index contributed by atoms with van der Waals surface area (Å²) in [6.07, 6.45) is 1.81. The molecule has 0 spiro atoms. The fraction of sp³-hybridized carbons (Fsp3) is 0. The molecule has 5 nitrogen and oxygen atoms in total. The number of nitrogens with zero attached hydrogens (tertiary/aromatic N) is 5. The van der Waals surface area contributed by atoms with Crippen LogP contribution in [0.2, 0.25) is 0 Å². The normalized spacial score (nSPS) is 11.9. The fourth-order valence-electron chi connectivity index (χ4n) is 9.00. The van der Waals surface area contributed by atoms with Gasteiger partial charge in [0, 0.05) is 49.8 Å². The third kappa shape index (κ3) is 4.39. The molecule has 0 N–H and O–H groups in total. The Hall–Kier alpha value is -7.63. The molecule has 260 valence electrons. The van der Waals surface area contributed by atoms with E-state index < -0.39 is 0 Å². The van der Waals surface area contributed by atoms with Gasteiger partial charge in [-0.3, -0.25) is 9.55 Å². The number of rotatable bonds is 4. The van der Waals surface area contributed by atoms with E-state index in [1.54, 1.807) is 0 Å². The number of hydrogen-bond acceptors (Lipinski definition) is 3. The van der Waals surface area contributed by atoms with Gasteiger partial charge in [0.15, 0.2) is 0 Å². The zero-order chi connectivity index (χ0) is 36.7. The van der Waals surface area contributed by atoms with Crippen LogP contribution in [0, 0.1) is 0 Å². The number of benzene rings is 8. The van der Waals surface area contributed by atoms with E-state index in [9.17, 15) is 0 Å². The molecule has 12 rings (SSSR count). The van der Waals surface area contributed by atoms with Crippen LogP contribution in [-0.2, 0) is 0 Å². The minimum Gasteiger partial charge on any atom is -0.309 e. The topological polar surface area (TPSA) is 48.5 Å². The van der Waals surface area contributed by atoms with E-state index in [-0.39, 0.29) is 0 Å². The third-order valence-electron chi connectivity index (χ3n) is 11.3. The Balaban J connectivity index is 1.21. The van der Waals surface area contributed by atoms with Gasteiger partial charge in [-0.25, -0.2) is 9.97 Å². The molecule has 12 aromatic rings. The Labute approximate surface area is 321 Å². The fourth-order valence-corrected chi connectivity index (χ4v) is 9.00. The maximum Gasteiger partial charge on any atom is 0.235 e. The van der Waals surface area contributed by atoms with E-state index in [0.717, 1.165) is 55.2 Å². The third-order valence-corrected chi connectivity index (χ3v) is 11.3. The van der Waals surface area contributed by atoms with Crippen LogP contribution in [0.4, 0.5) is 0 Å². The van der Waals surface area contributed by atoms with Gasteiger partial charge in [-0.2, -0.15) is 0 Å². The molecule has 4 aromatic heterocycles. The lowest BCUT2D eigenvalue weighted by Gasteiger charge is -2.16. The first-order valence-corrected chi connectivity index (χ1v) is 19.0. The van der Waals surface area contributed by atoms with Crippen LogP contribution in [0.15, 0.2) is 188 Å². The molecular formula is C51H31N5. The molecule has 56 heavy (non-hydrogen) atoms. The van der Waals surface area contributed by atoms with Crippen molar-refractivity contribution in [2.45, 2.75) is 0 Å². The standard InChI is InChI=1S/C51H31N5/c1-3-16-32(17-4-1)47-48-44(26-15-29-52-48)53-51(54-47)56-46-28-14-12-23-37(46)43-31-41(35-21-8-10-25-39(35)50(43)56)40-30-42-36-22-11-13-27-45(36)55(33-18-5-2-6-19-33)49(42)38-24-9-7-20-34(38)40/h1-31H. The van der Waals surface area contributed by atoms with Crippen LogP contribution in [0.3, 0.4) is 0 Å². The van der Waals surface area contributed by atoms with Crippen molar-refractivity contribution in [3.8, 4) is 34.0 Å². The van der Waals surface area contributed by atoms with Gasteiger partial charge in [-0.15, -0.1) is 0 Å². The van der Waals surface area contributed by atoms with E-state index >= 15 is 0 Å². The Morgan fingerprint density at radius 1 is 0.375 bits per heavy atom. The van der Waals surface area contributed by atoms with E-state index in [0.29, 0.717) is 5.95 Å². The van der Waals surface area contributed by atoms with Gasteiger partial charge >= 0.3 is 0 Å². The SMILES string of the molecule is c1ccc(-c2nc(-n3c4ccccc4c4cc(-c5cc6c7ccccc7n(-c7ccccc7)c6c6ccccc56)c5ccccc5c43)nc3cccnc23)cc1. The van der Waals surface area contributed by atoms with Gasteiger partial charge in [-0.05, 0) is 70.4 Å². The summed E-state index contributed by atoms with van der Waals surface area (Å²) in [5, 5.41) is 9.52. The molecule has 0 amide bonds. The molecule has 0 aliphatic heterocycles. The van der Waals surface area contributed by atoms with Crippen molar-refractivity contribution < 1.29 is 0 Å². The molecular weight excluding hydrogens is 683 g/mol. The lowest BCUT2D eigenvalue weighted by Crippen LogP contribution is -2.04. The van der Waals surface area contributed by atoms with Crippen molar-refractivity contribution in [2.75, 3.05) is 0 Å². The second-order valence-electron chi connectivity index (χ2n) is 14.4. The van der Waals surface area contributed by atoms with E-state index in [2.05, 4.69) is 161 Å². The monoisotopic (exact) mass is 713 g/mol. The zero-order valence-electron chi connectivity index (χ0n) is 30.1. The van der Waals surface area contributed by atoms with E-state index in [1.807, 2.05) is 36.5 Å². The van der Waals surface area contributed by atoms with Gasteiger partial charge in [0.1, 0.15) is 11.2 Å². The smallest absolute Gasteiger partial charge is 0.235 e. The van der Waals surface area contributed by atoms with Crippen molar-refractivity contribution in [3.63, 3.8) is 0 Å². The van der Waals surface area contributed by atoms with Crippen molar-refractivity contribution >= 4 is 76.2 Å². The number of pyridine rings is 1. The summed E-state index contributed by atoms with van der Waals surface area (Å²) in [7, 11) is 0. The Kier molecular flexibility index (Phi) is 6.56. The van der Waals surface area contributed by atoms with Crippen LogP contribution >= 0.6 is 0 Å². The predicted molar refractivity (Wildman–Crippen MR) is 232 cm³/mol. The van der Waals surface area contributed by atoms with Gasteiger partial charge in [-0.1, -0.05) is 133 Å². The van der Waals surface area contributed by atoms with Crippen molar-refractivity contribution in [1.82, 2.24) is 24.1 Å².